The molecule has 3 heteroatoms. The molecule has 102 valence electrons. The van der Waals surface area contributed by atoms with Crippen LogP contribution in [0.25, 0.3) is 0 Å². The molecular formula is C16H21BrN2. The first-order valence-electron chi connectivity index (χ1n) is 6.85. The molecule has 2 rings (SSSR count). The van der Waals surface area contributed by atoms with Crippen molar-refractivity contribution in [2.24, 2.45) is 5.41 Å². The van der Waals surface area contributed by atoms with Gasteiger partial charge in [0.05, 0.1) is 17.3 Å². The van der Waals surface area contributed by atoms with Crippen LogP contribution in [0, 0.1) is 16.7 Å². The van der Waals surface area contributed by atoms with E-state index in [1.807, 2.05) is 18.2 Å². The Kier molecular flexibility index (Phi) is 4.20. The maximum absolute atomic E-state index is 8.91. The van der Waals surface area contributed by atoms with E-state index in [1.54, 1.807) is 0 Å². The zero-order valence-electron chi connectivity index (χ0n) is 11.9. The zero-order valence-corrected chi connectivity index (χ0v) is 13.5. The first-order valence-corrected chi connectivity index (χ1v) is 7.65. The third-order valence-corrected chi connectivity index (χ3v) is 4.95. The first kappa shape index (κ1) is 14.4. The average molecular weight is 321 g/mol. The van der Waals surface area contributed by atoms with Gasteiger partial charge in [-0.25, -0.2) is 0 Å². The highest BCUT2D eigenvalue weighted by Crippen LogP contribution is 2.39. The van der Waals surface area contributed by atoms with E-state index in [9.17, 15) is 0 Å². The molecule has 1 aromatic rings. The van der Waals surface area contributed by atoms with Gasteiger partial charge in [0.25, 0.3) is 0 Å². The third-order valence-electron chi connectivity index (χ3n) is 4.31. The van der Waals surface area contributed by atoms with Gasteiger partial charge in [-0.2, -0.15) is 5.26 Å². The monoisotopic (exact) mass is 320 g/mol. The van der Waals surface area contributed by atoms with Gasteiger partial charge in [0.1, 0.15) is 0 Å². The minimum Gasteiger partial charge on any atom is -0.371 e. The lowest BCUT2D eigenvalue weighted by Gasteiger charge is -2.39. The summed E-state index contributed by atoms with van der Waals surface area (Å²) in [5, 5.41) is 8.91. The minimum atomic E-state index is 0.499. The molecule has 2 nitrogen and oxygen atoms in total. The Hall–Kier alpha value is -1.01. The maximum atomic E-state index is 8.91. The van der Waals surface area contributed by atoms with Crippen molar-refractivity contribution in [2.45, 2.75) is 45.6 Å². The lowest BCUT2D eigenvalue weighted by molar-refractivity contribution is 0.222. The maximum Gasteiger partial charge on any atom is 0.0992 e. The van der Waals surface area contributed by atoms with Crippen LogP contribution in [0.15, 0.2) is 22.7 Å². The van der Waals surface area contributed by atoms with E-state index in [2.05, 4.69) is 47.8 Å². The molecule has 0 heterocycles. The first-order chi connectivity index (χ1) is 8.93. The highest BCUT2D eigenvalue weighted by molar-refractivity contribution is 9.10. The predicted octanol–water partition coefficient (Wildman–Crippen LogP) is 4.73. The Balaban J connectivity index is 2.12. The molecule has 19 heavy (non-hydrogen) atoms. The summed E-state index contributed by atoms with van der Waals surface area (Å²) in [6.45, 7) is 4.72. The SMILES string of the molecule is CN(c1ccc(C#N)cc1Br)C1CCC(C)(C)CC1. The van der Waals surface area contributed by atoms with Gasteiger partial charge in [0, 0.05) is 17.6 Å². The molecule has 1 aliphatic rings. The summed E-state index contributed by atoms with van der Waals surface area (Å²) in [5.41, 5.74) is 2.39. The number of hydrogen-bond donors (Lipinski definition) is 0. The van der Waals surface area contributed by atoms with Crippen LogP contribution in [0.5, 0.6) is 0 Å². The topological polar surface area (TPSA) is 27.0 Å². The number of anilines is 1. The van der Waals surface area contributed by atoms with Crippen molar-refractivity contribution < 1.29 is 0 Å². The van der Waals surface area contributed by atoms with Gasteiger partial charge in [0.15, 0.2) is 0 Å². The summed E-state index contributed by atoms with van der Waals surface area (Å²) in [5.74, 6) is 0. The Morgan fingerprint density at radius 2 is 1.95 bits per heavy atom. The highest BCUT2D eigenvalue weighted by Gasteiger charge is 2.29. The molecule has 0 saturated heterocycles. The second-order valence-electron chi connectivity index (χ2n) is 6.28. The Morgan fingerprint density at radius 3 is 2.47 bits per heavy atom. The zero-order chi connectivity index (χ0) is 14.0. The van der Waals surface area contributed by atoms with E-state index in [4.69, 9.17) is 5.26 Å². The standard InChI is InChI=1S/C16H21BrN2/c1-16(2)8-6-13(7-9-16)19(3)15-5-4-12(11-18)10-14(15)17/h4-5,10,13H,6-9H2,1-3H3. The van der Waals surface area contributed by atoms with Gasteiger partial charge in [-0.15, -0.1) is 0 Å². The normalized spacial score (nSPS) is 18.9. The molecule has 1 fully saturated rings. The van der Waals surface area contributed by atoms with E-state index >= 15 is 0 Å². The fraction of sp³-hybridized carbons (Fsp3) is 0.562. The summed E-state index contributed by atoms with van der Waals surface area (Å²) in [4.78, 5) is 2.36. The highest BCUT2D eigenvalue weighted by atomic mass is 79.9. The molecule has 0 aliphatic heterocycles. The number of benzene rings is 1. The Labute approximate surface area is 124 Å². The van der Waals surface area contributed by atoms with Crippen molar-refractivity contribution in [1.29, 1.82) is 5.26 Å². The van der Waals surface area contributed by atoms with Gasteiger partial charge in [0.2, 0.25) is 0 Å². The van der Waals surface area contributed by atoms with Crippen molar-refractivity contribution in [1.82, 2.24) is 0 Å². The van der Waals surface area contributed by atoms with Crippen LogP contribution in [-0.4, -0.2) is 13.1 Å². The summed E-state index contributed by atoms with van der Waals surface area (Å²) >= 11 is 3.58. The number of halogens is 1. The minimum absolute atomic E-state index is 0.499. The third kappa shape index (κ3) is 3.30. The molecule has 0 N–H and O–H groups in total. The van der Waals surface area contributed by atoms with Crippen molar-refractivity contribution >= 4 is 21.6 Å². The number of rotatable bonds is 2. The molecule has 0 spiro atoms. The quantitative estimate of drug-likeness (QED) is 0.787. The number of nitrogens with zero attached hydrogens (tertiary/aromatic N) is 2. The van der Waals surface area contributed by atoms with Crippen molar-refractivity contribution in [3.05, 3.63) is 28.2 Å². The molecule has 0 aromatic heterocycles. The summed E-state index contributed by atoms with van der Waals surface area (Å²) in [6, 6.07) is 8.62. The lowest BCUT2D eigenvalue weighted by Crippen LogP contribution is -2.37. The van der Waals surface area contributed by atoms with Gasteiger partial charge in [-0.05, 0) is 65.2 Å². The van der Waals surface area contributed by atoms with E-state index in [0.29, 0.717) is 17.0 Å². The summed E-state index contributed by atoms with van der Waals surface area (Å²) in [7, 11) is 2.16. The smallest absolute Gasteiger partial charge is 0.0992 e. The molecule has 0 unspecified atom stereocenters. The average Bonchev–Trinajstić information content (AvgIpc) is 2.37. The molecule has 1 aliphatic carbocycles. The fourth-order valence-electron chi connectivity index (χ4n) is 2.83. The predicted molar refractivity (Wildman–Crippen MR) is 83.3 cm³/mol. The van der Waals surface area contributed by atoms with E-state index in [-0.39, 0.29) is 0 Å². The fourth-order valence-corrected chi connectivity index (χ4v) is 3.49. The molecule has 0 amide bonds. The van der Waals surface area contributed by atoms with E-state index in [1.165, 1.54) is 31.4 Å². The van der Waals surface area contributed by atoms with Crippen molar-refractivity contribution in [3.8, 4) is 6.07 Å². The van der Waals surface area contributed by atoms with Crippen LogP contribution in [0.1, 0.15) is 45.1 Å². The Bertz CT molecular complexity index is 492. The van der Waals surface area contributed by atoms with Gasteiger partial charge < -0.3 is 4.90 Å². The lowest BCUT2D eigenvalue weighted by atomic mass is 9.75. The van der Waals surface area contributed by atoms with E-state index in [0.717, 1.165) is 4.47 Å². The molecule has 1 saturated carbocycles. The summed E-state index contributed by atoms with van der Waals surface area (Å²) in [6.07, 6.45) is 5.07. The number of nitriles is 1. The second kappa shape index (κ2) is 5.54. The molecule has 0 bridgehead atoms. The van der Waals surface area contributed by atoms with E-state index < -0.39 is 0 Å². The molecular weight excluding hydrogens is 300 g/mol. The van der Waals surface area contributed by atoms with Crippen LogP contribution in [0.4, 0.5) is 5.69 Å². The van der Waals surface area contributed by atoms with Gasteiger partial charge in [-0.3, -0.25) is 0 Å². The molecule has 1 aromatic carbocycles. The van der Waals surface area contributed by atoms with Crippen LogP contribution in [-0.2, 0) is 0 Å². The van der Waals surface area contributed by atoms with Crippen molar-refractivity contribution in [2.75, 3.05) is 11.9 Å². The van der Waals surface area contributed by atoms with Crippen molar-refractivity contribution in [3.63, 3.8) is 0 Å². The Morgan fingerprint density at radius 1 is 1.32 bits per heavy atom. The van der Waals surface area contributed by atoms with Gasteiger partial charge >= 0.3 is 0 Å². The molecule has 0 atom stereocenters. The summed E-state index contributed by atoms with van der Waals surface area (Å²) < 4.78 is 1.01. The van der Waals surface area contributed by atoms with Crippen LogP contribution in [0.2, 0.25) is 0 Å². The number of hydrogen-bond acceptors (Lipinski definition) is 2. The molecule has 0 radical (unpaired) electrons. The van der Waals surface area contributed by atoms with Crippen LogP contribution < -0.4 is 4.90 Å². The second-order valence-corrected chi connectivity index (χ2v) is 7.14. The largest absolute Gasteiger partial charge is 0.371 e. The van der Waals surface area contributed by atoms with Gasteiger partial charge in [-0.1, -0.05) is 13.8 Å². The van der Waals surface area contributed by atoms with Crippen LogP contribution in [0.3, 0.4) is 0 Å². The van der Waals surface area contributed by atoms with Crippen LogP contribution >= 0.6 is 15.9 Å².